The molecule has 0 amide bonds. The average molecular weight is 363 g/mol. The Hall–Kier alpha value is -3.68. The molecule has 27 heavy (non-hydrogen) atoms. The number of benzene rings is 2. The molecule has 0 aliphatic rings. The van der Waals surface area contributed by atoms with Gasteiger partial charge in [-0.25, -0.2) is 4.68 Å². The van der Waals surface area contributed by atoms with Gasteiger partial charge < -0.3 is 14.0 Å². The van der Waals surface area contributed by atoms with Gasteiger partial charge in [0.15, 0.2) is 5.69 Å². The molecular weight excluding hydrogens is 346 g/mol. The van der Waals surface area contributed by atoms with E-state index in [1.54, 1.807) is 18.9 Å². The number of ether oxygens (including phenoxy) is 2. The van der Waals surface area contributed by atoms with Gasteiger partial charge in [-0.15, -0.1) is 5.10 Å². The minimum Gasteiger partial charge on any atom is -0.497 e. The second-order valence-electron chi connectivity index (χ2n) is 5.76. The number of hydrogen-bond acceptors (Lipinski definition) is 7. The summed E-state index contributed by atoms with van der Waals surface area (Å²) < 4.78 is 17.8. The third-order valence-electron chi connectivity index (χ3n) is 4.17. The van der Waals surface area contributed by atoms with Crippen LogP contribution < -0.4 is 9.47 Å². The van der Waals surface area contributed by atoms with E-state index < -0.39 is 0 Å². The average Bonchev–Trinajstić information content (AvgIpc) is 3.35. The maximum atomic E-state index is 5.44. The molecule has 0 N–H and O–H groups in total. The highest BCUT2D eigenvalue weighted by Gasteiger charge is 2.20. The molecule has 0 bridgehead atoms. The van der Waals surface area contributed by atoms with E-state index in [9.17, 15) is 0 Å². The minimum atomic E-state index is 0.305. The maximum Gasteiger partial charge on any atom is 0.280 e. The lowest BCUT2D eigenvalue weighted by molar-refractivity contribution is 0.400. The molecule has 0 saturated heterocycles. The van der Waals surface area contributed by atoms with Crippen LogP contribution in [0.25, 0.3) is 28.7 Å². The summed E-state index contributed by atoms with van der Waals surface area (Å²) in [5, 5.41) is 12.5. The summed E-state index contributed by atoms with van der Waals surface area (Å²) in [6.07, 6.45) is 0. The molecule has 8 heteroatoms. The quantitative estimate of drug-likeness (QED) is 0.537. The van der Waals surface area contributed by atoms with Gasteiger partial charge in [0.1, 0.15) is 17.2 Å². The highest BCUT2D eigenvalue weighted by molar-refractivity contribution is 5.60. The smallest absolute Gasteiger partial charge is 0.280 e. The largest absolute Gasteiger partial charge is 0.497 e. The van der Waals surface area contributed by atoms with Crippen molar-refractivity contribution in [1.82, 2.24) is 25.1 Å². The molecule has 0 unspecified atom stereocenters. The zero-order valence-electron chi connectivity index (χ0n) is 15.1. The summed E-state index contributed by atoms with van der Waals surface area (Å²) in [4.78, 5) is 4.45. The second kappa shape index (κ2) is 6.91. The molecule has 2 aromatic heterocycles. The lowest BCUT2D eigenvalue weighted by Gasteiger charge is -2.11. The normalized spacial score (nSPS) is 10.8. The number of nitrogens with zero attached hydrogens (tertiary/aromatic N) is 5. The third-order valence-corrected chi connectivity index (χ3v) is 4.17. The molecule has 0 aliphatic carbocycles. The Kier molecular flexibility index (Phi) is 4.29. The lowest BCUT2D eigenvalue weighted by atomic mass is 10.2. The lowest BCUT2D eigenvalue weighted by Crippen LogP contribution is -2.02. The van der Waals surface area contributed by atoms with Crippen LogP contribution in [0.4, 0.5) is 0 Å². The third kappa shape index (κ3) is 3.01. The van der Waals surface area contributed by atoms with Gasteiger partial charge in [0.25, 0.3) is 5.89 Å². The van der Waals surface area contributed by atoms with E-state index in [0.29, 0.717) is 34.6 Å². The molecule has 0 saturated carbocycles. The predicted molar refractivity (Wildman–Crippen MR) is 97.9 cm³/mol. The molecule has 0 radical (unpaired) electrons. The summed E-state index contributed by atoms with van der Waals surface area (Å²) in [6.45, 7) is 1.88. The summed E-state index contributed by atoms with van der Waals surface area (Å²) >= 11 is 0. The first-order valence-electron chi connectivity index (χ1n) is 8.25. The van der Waals surface area contributed by atoms with Gasteiger partial charge in [-0.05, 0) is 19.1 Å². The van der Waals surface area contributed by atoms with Gasteiger partial charge >= 0.3 is 0 Å². The minimum absolute atomic E-state index is 0.305. The van der Waals surface area contributed by atoms with Crippen LogP contribution in [0.2, 0.25) is 0 Å². The fraction of sp³-hybridized carbons (Fsp3) is 0.158. The van der Waals surface area contributed by atoms with Crippen LogP contribution in [0.15, 0.2) is 53.1 Å². The fourth-order valence-corrected chi connectivity index (χ4v) is 2.74. The zero-order valence-corrected chi connectivity index (χ0v) is 15.1. The van der Waals surface area contributed by atoms with E-state index in [1.165, 1.54) is 0 Å². The summed E-state index contributed by atoms with van der Waals surface area (Å²) in [6, 6.07) is 15.1. The summed E-state index contributed by atoms with van der Waals surface area (Å²) in [7, 11) is 3.21. The van der Waals surface area contributed by atoms with E-state index in [1.807, 2.05) is 55.5 Å². The number of methoxy groups -OCH3 is 2. The SMILES string of the molecule is COc1ccc(OC)c(-n2nnc(-c3nc(-c4ccccc4)no3)c2C)c1. The maximum absolute atomic E-state index is 5.44. The molecule has 0 aliphatic heterocycles. The van der Waals surface area contributed by atoms with E-state index >= 15 is 0 Å². The van der Waals surface area contributed by atoms with Gasteiger partial charge in [-0.3, -0.25) is 0 Å². The van der Waals surface area contributed by atoms with Gasteiger partial charge in [0, 0.05) is 11.6 Å². The first-order chi connectivity index (χ1) is 13.2. The van der Waals surface area contributed by atoms with Crippen LogP contribution >= 0.6 is 0 Å². The summed E-state index contributed by atoms with van der Waals surface area (Å²) in [5.41, 5.74) is 2.82. The predicted octanol–water partition coefficient (Wildman–Crippen LogP) is 3.31. The van der Waals surface area contributed by atoms with Crippen molar-refractivity contribution in [3.05, 3.63) is 54.2 Å². The van der Waals surface area contributed by atoms with Gasteiger partial charge in [0.2, 0.25) is 5.82 Å². The number of aromatic nitrogens is 5. The van der Waals surface area contributed by atoms with Crippen LogP contribution in [0.5, 0.6) is 11.5 Å². The van der Waals surface area contributed by atoms with E-state index in [2.05, 4.69) is 20.5 Å². The van der Waals surface area contributed by atoms with E-state index in [0.717, 1.165) is 11.3 Å². The van der Waals surface area contributed by atoms with Crippen molar-refractivity contribution in [2.45, 2.75) is 6.92 Å². The van der Waals surface area contributed by atoms with Crippen molar-refractivity contribution < 1.29 is 14.0 Å². The molecule has 2 heterocycles. The fourth-order valence-electron chi connectivity index (χ4n) is 2.74. The molecule has 8 nitrogen and oxygen atoms in total. The topological polar surface area (TPSA) is 88.1 Å². The highest BCUT2D eigenvalue weighted by Crippen LogP contribution is 2.30. The Balaban J connectivity index is 1.75. The molecular formula is C19H17N5O3. The van der Waals surface area contributed by atoms with Gasteiger partial charge in [0.05, 0.1) is 19.9 Å². The molecule has 4 rings (SSSR count). The van der Waals surface area contributed by atoms with Crippen LogP contribution in [0.1, 0.15) is 5.69 Å². The first-order valence-corrected chi connectivity index (χ1v) is 8.25. The number of rotatable bonds is 5. The Morgan fingerprint density at radius 2 is 1.81 bits per heavy atom. The molecule has 0 atom stereocenters. The molecule has 2 aromatic carbocycles. The van der Waals surface area contributed by atoms with E-state index in [-0.39, 0.29) is 0 Å². The second-order valence-corrected chi connectivity index (χ2v) is 5.76. The highest BCUT2D eigenvalue weighted by atomic mass is 16.5. The monoisotopic (exact) mass is 363 g/mol. The van der Waals surface area contributed by atoms with Crippen molar-refractivity contribution in [3.63, 3.8) is 0 Å². The van der Waals surface area contributed by atoms with Crippen molar-refractivity contribution in [2.24, 2.45) is 0 Å². The van der Waals surface area contributed by atoms with Gasteiger partial charge in [-0.1, -0.05) is 40.7 Å². The van der Waals surface area contributed by atoms with E-state index in [4.69, 9.17) is 14.0 Å². The van der Waals surface area contributed by atoms with Crippen LogP contribution in [0, 0.1) is 6.92 Å². The summed E-state index contributed by atoms with van der Waals surface area (Å²) in [5.74, 6) is 2.13. The molecule has 0 spiro atoms. The van der Waals surface area contributed by atoms with Crippen LogP contribution in [0.3, 0.4) is 0 Å². The molecule has 4 aromatic rings. The standard InChI is InChI=1S/C19H17N5O3/c1-12-17(19-20-18(22-27-19)13-7-5-4-6-8-13)21-23-24(12)15-11-14(25-2)9-10-16(15)26-3/h4-11H,1-3H3. The number of hydrogen-bond donors (Lipinski definition) is 0. The zero-order chi connectivity index (χ0) is 18.8. The Bertz CT molecular complexity index is 1070. The van der Waals surface area contributed by atoms with Crippen molar-refractivity contribution in [2.75, 3.05) is 14.2 Å². The molecule has 136 valence electrons. The van der Waals surface area contributed by atoms with Crippen LogP contribution in [-0.2, 0) is 0 Å². The Morgan fingerprint density at radius 1 is 1.00 bits per heavy atom. The molecule has 0 fully saturated rings. The Labute approximate surface area is 155 Å². The van der Waals surface area contributed by atoms with Gasteiger partial charge in [-0.2, -0.15) is 4.98 Å². The Morgan fingerprint density at radius 3 is 2.56 bits per heavy atom. The van der Waals surface area contributed by atoms with Crippen LogP contribution in [-0.4, -0.2) is 39.4 Å². The van der Waals surface area contributed by atoms with Crippen molar-refractivity contribution in [1.29, 1.82) is 0 Å². The van der Waals surface area contributed by atoms with Crippen molar-refractivity contribution >= 4 is 0 Å². The van der Waals surface area contributed by atoms with Crippen molar-refractivity contribution in [3.8, 4) is 40.2 Å². The first kappa shape index (κ1) is 16.8.